The molecular weight excluding hydrogens is 324 g/mol. The highest BCUT2D eigenvalue weighted by Gasteiger charge is 2.15. The third-order valence-electron chi connectivity index (χ3n) is 4.28. The number of nitrogens with one attached hydrogen (secondary N) is 2. The van der Waals surface area contributed by atoms with Crippen LogP contribution >= 0.6 is 23.5 Å². The lowest BCUT2D eigenvalue weighted by atomic mass is 9.95. The summed E-state index contributed by atoms with van der Waals surface area (Å²) in [5, 5.41) is 8.85. The average molecular weight is 349 g/mol. The van der Waals surface area contributed by atoms with E-state index in [1.807, 2.05) is 23.5 Å². The number of rotatable bonds is 4. The zero-order chi connectivity index (χ0) is 16.2. The van der Waals surface area contributed by atoms with Crippen molar-refractivity contribution in [2.45, 2.75) is 32.3 Å². The molecule has 0 aromatic heterocycles. The maximum Gasteiger partial charge on any atom is 0.157 e. The fourth-order valence-corrected chi connectivity index (χ4v) is 5.17. The number of aryl methyl sites for hydroxylation is 2. The van der Waals surface area contributed by atoms with Crippen molar-refractivity contribution in [2.75, 3.05) is 26.2 Å². The van der Waals surface area contributed by atoms with Crippen LogP contribution in [0.4, 0.5) is 0 Å². The summed E-state index contributed by atoms with van der Waals surface area (Å²) in [6, 6.07) is 2.33. The molecule has 23 heavy (non-hydrogen) atoms. The molecule has 124 valence electrons. The summed E-state index contributed by atoms with van der Waals surface area (Å²) in [5.74, 6) is 1.97. The van der Waals surface area contributed by atoms with Gasteiger partial charge in [-0.05, 0) is 48.6 Å². The van der Waals surface area contributed by atoms with Crippen LogP contribution in [0.15, 0.2) is 16.1 Å². The maximum absolute atomic E-state index is 4.48. The molecule has 0 spiro atoms. The van der Waals surface area contributed by atoms with Crippen LogP contribution in [-0.2, 0) is 11.5 Å². The number of benzene rings is 1. The van der Waals surface area contributed by atoms with Crippen LogP contribution in [0.3, 0.4) is 0 Å². The maximum atomic E-state index is 4.48. The highest BCUT2D eigenvalue weighted by atomic mass is 32.2. The molecule has 0 aliphatic carbocycles. The highest BCUT2D eigenvalue weighted by molar-refractivity contribution is 8.13. The molecule has 0 bridgehead atoms. The molecular formula is C17H24N4S2. The first-order valence-corrected chi connectivity index (χ1v) is 10.0. The van der Waals surface area contributed by atoms with Crippen molar-refractivity contribution < 1.29 is 0 Å². The van der Waals surface area contributed by atoms with Crippen molar-refractivity contribution in [3.05, 3.63) is 33.9 Å². The first-order valence-electron chi connectivity index (χ1n) is 8.06. The summed E-state index contributed by atoms with van der Waals surface area (Å²) in [6.45, 7) is 10.5. The van der Waals surface area contributed by atoms with Gasteiger partial charge in [-0.2, -0.15) is 0 Å². The molecule has 2 aliphatic rings. The van der Waals surface area contributed by atoms with E-state index < -0.39 is 0 Å². The average Bonchev–Trinajstić information content (AvgIpc) is 3.19. The second-order valence-electron chi connectivity index (χ2n) is 5.90. The highest BCUT2D eigenvalue weighted by Crippen LogP contribution is 2.29. The molecule has 0 atom stereocenters. The Labute approximate surface area is 147 Å². The molecule has 2 aliphatic heterocycles. The van der Waals surface area contributed by atoms with Gasteiger partial charge < -0.3 is 10.6 Å². The first-order chi connectivity index (χ1) is 11.1. The van der Waals surface area contributed by atoms with Gasteiger partial charge in [0.15, 0.2) is 10.3 Å². The van der Waals surface area contributed by atoms with Gasteiger partial charge in [-0.15, -0.1) is 0 Å². The minimum atomic E-state index is 0.908. The lowest BCUT2D eigenvalue weighted by molar-refractivity contribution is 0.963. The third kappa shape index (κ3) is 4.04. The molecule has 2 N–H and O–H groups in total. The molecule has 0 amide bonds. The third-order valence-corrected chi connectivity index (χ3v) is 6.24. The van der Waals surface area contributed by atoms with Crippen molar-refractivity contribution in [3.8, 4) is 0 Å². The molecule has 2 heterocycles. The van der Waals surface area contributed by atoms with Crippen LogP contribution in [-0.4, -0.2) is 36.5 Å². The molecule has 0 saturated carbocycles. The second-order valence-corrected chi connectivity index (χ2v) is 7.83. The Morgan fingerprint density at radius 3 is 1.74 bits per heavy atom. The van der Waals surface area contributed by atoms with E-state index in [2.05, 4.69) is 47.5 Å². The number of amidine groups is 2. The number of aliphatic imine (C=N–C) groups is 2. The van der Waals surface area contributed by atoms with Crippen molar-refractivity contribution in [1.82, 2.24) is 10.6 Å². The van der Waals surface area contributed by atoms with Crippen molar-refractivity contribution in [2.24, 2.45) is 9.98 Å². The molecule has 6 heteroatoms. The summed E-state index contributed by atoms with van der Waals surface area (Å²) < 4.78 is 0. The Morgan fingerprint density at radius 2 is 1.35 bits per heavy atom. The van der Waals surface area contributed by atoms with E-state index >= 15 is 0 Å². The molecule has 0 fully saturated rings. The van der Waals surface area contributed by atoms with Crippen molar-refractivity contribution in [1.29, 1.82) is 0 Å². The van der Waals surface area contributed by atoms with Crippen LogP contribution in [0.2, 0.25) is 0 Å². The SMILES string of the molecule is Cc1cc(C)c(CSC2=NCCN2)c(C)c1CSC1=NCCN1. The van der Waals surface area contributed by atoms with Gasteiger partial charge in [-0.1, -0.05) is 29.6 Å². The predicted octanol–water partition coefficient (Wildman–Crippen LogP) is 3.00. The Bertz CT molecular complexity index is 600. The van der Waals surface area contributed by atoms with E-state index in [0.29, 0.717) is 0 Å². The molecule has 0 unspecified atom stereocenters. The molecule has 0 saturated heterocycles. The van der Waals surface area contributed by atoms with Crippen LogP contribution in [0.25, 0.3) is 0 Å². The van der Waals surface area contributed by atoms with Gasteiger partial charge in [0.2, 0.25) is 0 Å². The predicted molar refractivity (Wildman–Crippen MR) is 104 cm³/mol. The van der Waals surface area contributed by atoms with Gasteiger partial charge in [-0.3, -0.25) is 9.98 Å². The van der Waals surface area contributed by atoms with Crippen LogP contribution in [0.5, 0.6) is 0 Å². The summed E-state index contributed by atoms with van der Waals surface area (Å²) in [7, 11) is 0. The molecule has 1 aromatic rings. The zero-order valence-electron chi connectivity index (χ0n) is 14.0. The smallest absolute Gasteiger partial charge is 0.157 e. The quantitative estimate of drug-likeness (QED) is 0.878. The fourth-order valence-electron chi connectivity index (χ4n) is 2.94. The molecule has 1 aromatic carbocycles. The van der Waals surface area contributed by atoms with Crippen LogP contribution in [0, 0.1) is 20.8 Å². The summed E-state index contributed by atoms with van der Waals surface area (Å²) in [6.07, 6.45) is 0. The lowest BCUT2D eigenvalue weighted by Gasteiger charge is -2.17. The van der Waals surface area contributed by atoms with Gasteiger partial charge in [0.05, 0.1) is 13.1 Å². The van der Waals surface area contributed by atoms with E-state index in [4.69, 9.17) is 0 Å². The van der Waals surface area contributed by atoms with Gasteiger partial charge >= 0.3 is 0 Å². The van der Waals surface area contributed by atoms with Gasteiger partial charge in [-0.25, -0.2) is 0 Å². The number of hydrogen-bond acceptors (Lipinski definition) is 6. The van der Waals surface area contributed by atoms with E-state index in [-0.39, 0.29) is 0 Å². The standard InChI is InChI=1S/C17H24N4S2/c1-11-8-12(2)15(10-23-17-20-6-7-21-17)13(3)14(11)9-22-16-18-4-5-19-16/h8H,4-7,9-10H2,1-3H3,(H,18,19)(H,20,21). The Hall–Kier alpha value is -1.14. The molecule has 3 rings (SSSR count). The summed E-state index contributed by atoms with van der Waals surface area (Å²) >= 11 is 3.64. The minimum absolute atomic E-state index is 0.908. The lowest BCUT2D eigenvalue weighted by Crippen LogP contribution is -2.16. The normalized spacial score (nSPS) is 16.8. The molecule has 0 radical (unpaired) electrons. The van der Waals surface area contributed by atoms with Gasteiger partial charge in [0, 0.05) is 24.6 Å². The number of nitrogens with zero attached hydrogens (tertiary/aromatic N) is 2. The van der Waals surface area contributed by atoms with E-state index in [1.54, 1.807) is 0 Å². The minimum Gasteiger partial charge on any atom is -0.363 e. The summed E-state index contributed by atoms with van der Waals surface area (Å²) in [5.41, 5.74) is 7.11. The van der Waals surface area contributed by atoms with Crippen molar-refractivity contribution in [3.63, 3.8) is 0 Å². The summed E-state index contributed by atoms with van der Waals surface area (Å²) in [4.78, 5) is 8.96. The topological polar surface area (TPSA) is 48.8 Å². The first kappa shape index (κ1) is 16.7. The number of hydrogen-bond donors (Lipinski definition) is 2. The second kappa shape index (κ2) is 7.62. The fraction of sp³-hybridized carbons (Fsp3) is 0.529. The van der Waals surface area contributed by atoms with Gasteiger partial charge in [0.1, 0.15) is 0 Å². The van der Waals surface area contributed by atoms with E-state index in [1.165, 1.54) is 27.8 Å². The van der Waals surface area contributed by atoms with Crippen LogP contribution < -0.4 is 10.6 Å². The largest absolute Gasteiger partial charge is 0.363 e. The monoisotopic (exact) mass is 348 g/mol. The van der Waals surface area contributed by atoms with E-state index in [0.717, 1.165) is 48.0 Å². The van der Waals surface area contributed by atoms with Crippen LogP contribution in [0.1, 0.15) is 27.8 Å². The van der Waals surface area contributed by atoms with E-state index in [9.17, 15) is 0 Å². The Balaban J connectivity index is 1.74. The molecule has 4 nitrogen and oxygen atoms in total. The Kier molecular flexibility index (Phi) is 5.54. The number of thioether (sulfide) groups is 2. The van der Waals surface area contributed by atoms with Crippen molar-refractivity contribution >= 4 is 33.9 Å². The Morgan fingerprint density at radius 1 is 0.870 bits per heavy atom. The zero-order valence-corrected chi connectivity index (χ0v) is 15.7. The van der Waals surface area contributed by atoms with Gasteiger partial charge in [0.25, 0.3) is 0 Å².